The van der Waals surface area contributed by atoms with Crippen molar-refractivity contribution in [1.29, 1.82) is 0 Å². The third-order valence-corrected chi connectivity index (χ3v) is 7.29. The lowest BCUT2D eigenvalue weighted by Gasteiger charge is -2.19. The van der Waals surface area contributed by atoms with Crippen LogP contribution in [0.4, 0.5) is 11.4 Å². The molecule has 9 nitrogen and oxygen atoms in total. The number of nitrogens with one attached hydrogen (secondary N) is 1. The molecule has 2 aromatic carbocycles. The fourth-order valence-electron chi connectivity index (χ4n) is 3.73. The Bertz CT molecular complexity index is 1460. The molecular weight excluding hydrogens is 494 g/mol. The minimum Gasteiger partial charge on any atom is -0.616 e. The zero-order valence-corrected chi connectivity index (χ0v) is 20.9. The average molecular weight is 516 g/mol. The number of pyridine rings is 1. The molecule has 0 atom stereocenters. The number of nitrogens with zero attached hydrogens (tertiary/aromatic N) is 2. The van der Waals surface area contributed by atoms with Crippen LogP contribution in [0.25, 0.3) is 0 Å². The highest BCUT2D eigenvalue weighted by Crippen LogP contribution is 2.38. The Morgan fingerprint density at radius 1 is 0.971 bits per heavy atom. The second kappa shape index (κ2) is 8.54. The maximum atomic E-state index is 13.3. The molecule has 182 valence electrons. The van der Waals surface area contributed by atoms with E-state index in [1.54, 1.807) is 12.1 Å². The minimum atomic E-state index is -4.09. The summed E-state index contributed by atoms with van der Waals surface area (Å²) in [7, 11) is -2.79. The Morgan fingerprint density at radius 2 is 1.60 bits per heavy atom. The van der Waals surface area contributed by atoms with Crippen molar-refractivity contribution in [3.8, 4) is 5.88 Å². The number of carbonyl (C=O) groups excluding carboxylic acids is 2. The molecule has 0 bridgehead atoms. The van der Waals surface area contributed by atoms with E-state index in [2.05, 4.69) is 4.72 Å². The lowest BCUT2D eigenvalue weighted by atomic mass is 9.87. The predicted molar refractivity (Wildman–Crippen MR) is 130 cm³/mol. The first-order valence-electron chi connectivity index (χ1n) is 10.5. The molecule has 3 aromatic rings. The van der Waals surface area contributed by atoms with Crippen molar-refractivity contribution in [3.05, 3.63) is 81.6 Å². The monoisotopic (exact) mass is 515 g/mol. The summed E-state index contributed by atoms with van der Waals surface area (Å²) in [6.45, 7) is 6.03. The van der Waals surface area contributed by atoms with E-state index in [-0.39, 0.29) is 43.7 Å². The number of ether oxygens (including phenoxy) is 1. The highest BCUT2D eigenvalue weighted by atomic mass is 35.5. The summed E-state index contributed by atoms with van der Waals surface area (Å²) >= 11 is 6.22. The molecule has 0 aliphatic carbocycles. The van der Waals surface area contributed by atoms with Crippen LogP contribution in [0, 0.1) is 5.21 Å². The van der Waals surface area contributed by atoms with Crippen LogP contribution in [-0.4, -0.2) is 27.3 Å². The van der Waals surface area contributed by atoms with Gasteiger partial charge >= 0.3 is 5.88 Å². The van der Waals surface area contributed by atoms with Crippen LogP contribution < -0.4 is 19.1 Å². The Labute approximate surface area is 207 Å². The molecule has 0 radical (unpaired) electrons. The van der Waals surface area contributed by atoms with E-state index in [0.717, 1.165) is 16.7 Å². The highest BCUT2D eigenvalue weighted by molar-refractivity contribution is 7.92. The summed E-state index contributed by atoms with van der Waals surface area (Å²) in [5, 5.41) is 12.1. The van der Waals surface area contributed by atoms with E-state index in [0.29, 0.717) is 4.73 Å². The van der Waals surface area contributed by atoms with Crippen LogP contribution in [-0.2, 0) is 15.4 Å². The molecule has 0 saturated heterocycles. The standard InChI is InChI=1S/C24H22ClN3O6S/c1-24(2,3)14-5-8-16(9-6-14)35(32,33)26-18-11-10-17(25)20-21(18)23(30)28(22(20)29)15-7-12-19(34-4)27(31)13-15/h5-13,26H,1-4H3. The fraction of sp³-hybridized carbons (Fsp3) is 0.208. The normalized spacial score (nSPS) is 13.7. The van der Waals surface area contributed by atoms with Gasteiger partial charge in [-0.25, -0.2) is 13.3 Å². The zero-order valence-electron chi connectivity index (χ0n) is 19.3. The van der Waals surface area contributed by atoms with E-state index in [9.17, 15) is 23.2 Å². The van der Waals surface area contributed by atoms with Crippen molar-refractivity contribution in [2.24, 2.45) is 0 Å². The second-order valence-electron chi connectivity index (χ2n) is 8.93. The van der Waals surface area contributed by atoms with E-state index in [4.69, 9.17) is 16.3 Å². The van der Waals surface area contributed by atoms with E-state index in [1.165, 1.54) is 43.5 Å². The third kappa shape index (κ3) is 4.30. The molecule has 0 spiro atoms. The number of amides is 2. The van der Waals surface area contributed by atoms with Gasteiger partial charge in [-0.15, -0.1) is 4.73 Å². The molecule has 1 N–H and O–H groups in total. The summed E-state index contributed by atoms with van der Waals surface area (Å²) in [6.07, 6.45) is 1.01. The lowest BCUT2D eigenvalue weighted by molar-refractivity contribution is -0.611. The summed E-state index contributed by atoms with van der Waals surface area (Å²) < 4.78 is 33.8. The predicted octanol–water partition coefficient (Wildman–Crippen LogP) is 3.88. The van der Waals surface area contributed by atoms with Crippen LogP contribution in [0.5, 0.6) is 5.88 Å². The summed E-state index contributed by atoms with van der Waals surface area (Å²) in [4.78, 5) is 27.2. The van der Waals surface area contributed by atoms with Gasteiger partial charge in [-0.3, -0.25) is 14.3 Å². The number of aromatic nitrogens is 1. The van der Waals surface area contributed by atoms with Crippen molar-refractivity contribution >= 4 is 44.8 Å². The quantitative estimate of drug-likeness (QED) is 0.313. The number of anilines is 2. The number of benzene rings is 2. The smallest absolute Gasteiger partial charge is 0.379 e. The maximum Gasteiger partial charge on any atom is 0.379 e. The third-order valence-electron chi connectivity index (χ3n) is 5.59. The largest absolute Gasteiger partial charge is 0.616 e. The number of hydrogen-bond donors (Lipinski definition) is 1. The van der Waals surface area contributed by atoms with Crippen molar-refractivity contribution in [2.45, 2.75) is 31.1 Å². The van der Waals surface area contributed by atoms with Gasteiger partial charge in [0.1, 0.15) is 5.69 Å². The van der Waals surface area contributed by atoms with E-state index >= 15 is 0 Å². The van der Waals surface area contributed by atoms with Gasteiger partial charge in [0.15, 0.2) is 0 Å². The van der Waals surface area contributed by atoms with Crippen LogP contribution in [0.15, 0.2) is 59.6 Å². The van der Waals surface area contributed by atoms with Crippen molar-refractivity contribution in [2.75, 3.05) is 16.7 Å². The van der Waals surface area contributed by atoms with Gasteiger partial charge < -0.3 is 9.94 Å². The van der Waals surface area contributed by atoms with Crippen molar-refractivity contribution < 1.29 is 27.5 Å². The zero-order chi connectivity index (χ0) is 25.7. The molecule has 4 rings (SSSR count). The maximum absolute atomic E-state index is 13.3. The van der Waals surface area contributed by atoms with Crippen molar-refractivity contribution in [1.82, 2.24) is 0 Å². The van der Waals surface area contributed by atoms with Gasteiger partial charge in [0, 0.05) is 0 Å². The molecule has 0 saturated carbocycles. The molecule has 0 fully saturated rings. The van der Waals surface area contributed by atoms with Crippen LogP contribution in [0.3, 0.4) is 0 Å². The SMILES string of the molecule is COc1ccc(N2C(=O)c3c(Cl)ccc(NS(=O)(=O)c4ccc(C(C)(C)C)cc4)c3C2=O)c[n+]1[O-]. The first kappa shape index (κ1) is 24.5. The van der Waals surface area contributed by atoms with Crippen molar-refractivity contribution in [3.63, 3.8) is 0 Å². The molecule has 2 heterocycles. The number of imide groups is 1. The fourth-order valence-corrected chi connectivity index (χ4v) is 5.04. The van der Waals surface area contributed by atoms with Gasteiger partial charge in [-0.2, -0.15) is 0 Å². The number of methoxy groups -OCH3 is 1. The summed E-state index contributed by atoms with van der Waals surface area (Å²) in [5.41, 5.74) is 0.310. The van der Waals surface area contributed by atoms with Gasteiger partial charge in [-0.05, 0) is 41.3 Å². The Morgan fingerprint density at radius 3 is 2.17 bits per heavy atom. The molecular formula is C24H22ClN3O6S. The van der Waals surface area contributed by atoms with E-state index < -0.39 is 21.8 Å². The average Bonchev–Trinajstić information content (AvgIpc) is 3.06. The molecule has 1 aliphatic rings. The van der Waals surface area contributed by atoms with Crippen LogP contribution in [0.1, 0.15) is 47.1 Å². The molecule has 1 aromatic heterocycles. The number of sulfonamides is 1. The summed E-state index contributed by atoms with van der Waals surface area (Å²) in [5.74, 6) is -1.64. The van der Waals surface area contributed by atoms with Gasteiger partial charge in [0.05, 0.1) is 39.9 Å². The van der Waals surface area contributed by atoms with Crippen LogP contribution in [0.2, 0.25) is 5.02 Å². The Balaban J connectivity index is 1.73. The van der Waals surface area contributed by atoms with Gasteiger partial charge in [0.25, 0.3) is 21.8 Å². The lowest BCUT2D eigenvalue weighted by Crippen LogP contribution is -2.34. The highest BCUT2D eigenvalue weighted by Gasteiger charge is 2.42. The van der Waals surface area contributed by atoms with Gasteiger partial charge in [0.2, 0.25) is 6.20 Å². The topological polar surface area (TPSA) is 120 Å². The van der Waals surface area contributed by atoms with E-state index in [1.807, 2.05) is 20.8 Å². The number of halogens is 1. The molecule has 11 heteroatoms. The molecule has 2 amide bonds. The molecule has 1 aliphatic heterocycles. The molecule has 35 heavy (non-hydrogen) atoms. The molecule has 0 unspecified atom stereocenters. The minimum absolute atomic E-state index is 0.00891. The van der Waals surface area contributed by atoms with Gasteiger partial charge in [-0.1, -0.05) is 44.5 Å². The van der Waals surface area contributed by atoms with Crippen LogP contribution >= 0.6 is 11.6 Å². The number of fused-ring (bicyclic) bond motifs is 1. The Kier molecular flexibility index (Phi) is 5.98. The number of carbonyl (C=O) groups is 2. The Hall–Kier alpha value is -3.63. The second-order valence-corrected chi connectivity index (χ2v) is 11.0. The first-order chi connectivity index (χ1) is 16.3. The number of rotatable bonds is 5. The number of hydrogen-bond acceptors (Lipinski definition) is 6. The first-order valence-corrected chi connectivity index (χ1v) is 12.3. The summed E-state index contributed by atoms with van der Waals surface area (Å²) in [6, 6.07) is 11.7.